The van der Waals surface area contributed by atoms with Gasteiger partial charge in [0.25, 0.3) is 5.91 Å². The van der Waals surface area contributed by atoms with E-state index >= 15 is 0 Å². The predicted octanol–water partition coefficient (Wildman–Crippen LogP) is 4.00. The van der Waals surface area contributed by atoms with Crippen LogP contribution in [-0.2, 0) is 0 Å². The molecule has 1 amide bonds. The average Bonchev–Trinajstić information content (AvgIpc) is 2.87. The smallest absolute Gasteiger partial charge is 0.267 e. The Morgan fingerprint density at radius 1 is 1.18 bits per heavy atom. The van der Waals surface area contributed by atoms with E-state index < -0.39 is 0 Å². The van der Waals surface area contributed by atoms with Crippen molar-refractivity contribution in [2.24, 2.45) is 0 Å². The highest BCUT2D eigenvalue weighted by Gasteiger charge is 2.18. The number of rotatable bonds is 3. The molecule has 0 saturated carbocycles. The van der Waals surface area contributed by atoms with Gasteiger partial charge in [0.1, 0.15) is 4.88 Å². The van der Waals surface area contributed by atoms with E-state index in [2.05, 4.69) is 21.3 Å². The summed E-state index contributed by atoms with van der Waals surface area (Å²) in [5, 5.41) is 3.99. The Morgan fingerprint density at radius 3 is 2.59 bits per heavy atom. The molecule has 2 heterocycles. The van der Waals surface area contributed by atoms with Crippen molar-refractivity contribution in [1.29, 1.82) is 0 Å². The second-order valence-corrected chi connectivity index (χ2v) is 6.87. The van der Waals surface area contributed by atoms with Crippen molar-refractivity contribution in [2.75, 3.05) is 23.3 Å². The van der Waals surface area contributed by atoms with Gasteiger partial charge in [0.15, 0.2) is 0 Å². The van der Waals surface area contributed by atoms with Crippen molar-refractivity contribution in [1.82, 2.24) is 4.98 Å². The Morgan fingerprint density at radius 2 is 1.91 bits per heavy atom. The molecule has 1 fully saturated rings. The molecule has 1 N–H and O–H groups in total. The number of aromatic nitrogens is 1. The Hall–Kier alpha value is -1.88. The first-order valence-corrected chi connectivity index (χ1v) is 8.56. The fourth-order valence-electron chi connectivity index (χ4n) is 2.91. The zero-order valence-electron chi connectivity index (χ0n) is 13.1. The molecule has 0 unspecified atom stereocenters. The van der Waals surface area contributed by atoms with Gasteiger partial charge in [-0.15, -0.1) is 11.3 Å². The molecule has 116 valence electrons. The van der Waals surface area contributed by atoms with Crippen LogP contribution in [-0.4, -0.2) is 24.0 Å². The van der Waals surface area contributed by atoms with Crippen LogP contribution >= 0.6 is 11.3 Å². The van der Waals surface area contributed by atoms with E-state index in [-0.39, 0.29) is 5.91 Å². The van der Waals surface area contributed by atoms with Crippen molar-refractivity contribution in [3.05, 3.63) is 39.8 Å². The number of anilines is 2. The van der Waals surface area contributed by atoms with Gasteiger partial charge in [0.2, 0.25) is 0 Å². The number of carbonyl (C=O) groups is 1. The number of nitrogens with zero attached hydrogens (tertiary/aromatic N) is 2. The molecule has 2 aromatic rings. The molecular weight excluding hydrogens is 294 g/mol. The lowest BCUT2D eigenvalue weighted by Crippen LogP contribution is -2.30. The minimum atomic E-state index is -0.0624. The second kappa shape index (κ2) is 6.48. The fourth-order valence-corrected chi connectivity index (χ4v) is 3.73. The number of carbonyl (C=O) groups excluding carboxylic acids is 1. The van der Waals surface area contributed by atoms with E-state index in [9.17, 15) is 4.79 Å². The standard InChI is InChI=1S/C17H21N3OS/c1-12-16(22-13(2)18-12)17(21)19-14-8-4-5-9-15(14)20-10-6-3-7-11-20/h4-5,8-9H,3,6-7,10-11H2,1-2H3,(H,19,21). The number of benzene rings is 1. The quantitative estimate of drug-likeness (QED) is 0.931. The number of nitrogens with one attached hydrogen (secondary N) is 1. The molecule has 22 heavy (non-hydrogen) atoms. The highest BCUT2D eigenvalue weighted by Crippen LogP contribution is 2.29. The summed E-state index contributed by atoms with van der Waals surface area (Å²) in [7, 11) is 0. The summed E-state index contributed by atoms with van der Waals surface area (Å²) in [6.45, 7) is 5.93. The Bertz CT molecular complexity index is 674. The van der Waals surface area contributed by atoms with Gasteiger partial charge >= 0.3 is 0 Å². The van der Waals surface area contributed by atoms with E-state index in [1.54, 1.807) is 0 Å². The minimum absolute atomic E-state index is 0.0624. The van der Waals surface area contributed by atoms with Crippen molar-refractivity contribution >= 4 is 28.6 Å². The molecule has 3 rings (SSSR count). The minimum Gasteiger partial charge on any atom is -0.370 e. The summed E-state index contributed by atoms with van der Waals surface area (Å²) in [5.74, 6) is -0.0624. The van der Waals surface area contributed by atoms with E-state index in [4.69, 9.17) is 0 Å². The monoisotopic (exact) mass is 315 g/mol. The Balaban J connectivity index is 1.83. The van der Waals surface area contributed by atoms with Gasteiger partial charge in [-0.3, -0.25) is 4.79 Å². The maximum Gasteiger partial charge on any atom is 0.267 e. The van der Waals surface area contributed by atoms with Crippen LogP contribution < -0.4 is 10.2 Å². The van der Waals surface area contributed by atoms with Gasteiger partial charge in [-0.05, 0) is 45.2 Å². The van der Waals surface area contributed by atoms with Crippen molar-refractivity contribution < 1.29 is 4.79 Å². The number of hydrogen-bond donors (Lipinski definition) is 1. The molecule has 0 radical (unpaired) electrons. The molecule has 0 spiro atoms. The average molecular weight is 315 g/mol. The number of aryl methyl sites for hydroxylation is 2. The third-order valence-corrected chi connectivity index (χ3v) is 5.03. The molecule has 1 aliphatic heterocycles. The molecule has 1 aromatic carbocycles. The summed E-state index contributed by atoms with van der Waals surface area (Å²) in [6.07, 6.45) is 3.73. The fraction of sp³-hybridized carbons (Fsp3) is 0.412. The van der Waals surface area contributed by atoms with E-state index in [0.717, 1.165) is 35.2 Å². The topological polar surface area (TPSA) is 45.2 Å². The zero-order chi connectivity index (χ0) is 15.5. The lowest BCUT2D eigenvalue weighted by molar-refractivity contribution is 0.103. The zero-order valence-corrected chi connectivity index (χ0v) is 13.9. The van der Waals surface area contributed by atoms with Crippen LogP contribution in [0.4, 0.5) is 11.4 Å². The van der Waals surface area contributed by atoms with E-state index in [1.807, 2.05) is 32.0 Å². The van der Waals surface area contributed by atoms with Crippen molar-refractivity contribution in [3.63, 3.8) is 0 Å². The van der Waals surface area contributed by atoms with Crippen LogP contribution in [0.1, 0.15) is 39.6 Å². The maximum atomic E-state index is 12.5. The van der Waals surface area contributed by atoms with Gasteiger partial charge in [0.05, 0.1) is 22.1 Å². The molecule has 0 bridgehead atoms. The second-order valence-electron chi connectivity index (χ2n) is 5.67. The molecular formula is C17H21N3OS. The van der Waals surface area contributed by atoms with Crippen LogP contribution in [0.5, 0.6) is 0 Å². The van der Waals surface area contributed by atoms with Crippen molar-refractivity contribution in [3.8, 4) is 0 Å². The number of para-hydroxylation sites is 2. The Kier molecular flexibility index (Phi) is 4.43. The van der Waals surface area contributed by atoms with E-state index in [0.29, 0.717) is 4.88 Å². The SMILES string of the molecule is Cc1nc(C)c(C(=O)Nc2ccccc2N2CCCCC2)s1. The van der Waals surface area contributed by atoms with Gasteiger partial charge < -0.3 is 10.2 Å². The highest BCUT2D eigenvalue weighted by molar-refractivity contribution is 7.13. The number of hydrogen-bond acceptors (Lipinski definition) is 4. The first-order valence-electron chi connectivity index (χ1n) is 7.74. The van der Waals surface area contributed by atoms with Crippen LogP contribution in [0.25, 0.3) is 0 Å². The maximum absolute atomic E-state index is 12.5. The highest BCUT2D eigenvalue weighted by atomic mass is 32.1. The number of piperidine rings is 1. The summed E-state index contributed by atoms with van der Waals surface area (Å²) < 4.78 is 0. The van der Waals surface area contributed by atoms with Crippen LogP contribution in [0.2, 0.25) is 0 Å². The first-order chi connectivity index (χ1) is 10.6. The molecule has 0 atom stereocenters. The first kappa shape index (κ1) is 15.0. The van der Waals surface area contributed by atoms with Gasteiger partial charge in [-0.25, -0.2) is 4.98 Å². The summed E-state index contributed by atoms with van der Waals surface area (Å²) in [4.78, 5) is 19.9. The Labute approximate surface area is 135 Å². The number of amides is 1. The molecule has 1 aliphatic rings. The van der Waals surface area contributed by atoms with E-state index in [1.165, 1.54) is 30.6 Å². The lowest BCUT2D eigenvalue weighted by atomic mass is 10.1. The molecule has 1 aromatic heterocycles. The predicted molar refractivity (Wildman–Crippen MR) is 92.0 cm³/mol. The van der Waals surface area contributed by atoms with Gasteiger partial charge in [-0.1, -0.05) is 12.1 Å². The third-order valence-electron chi connectivity index (χ3n) is 3.96. The van der Waals surface area contributed by atoms with Crippen LogP contribution in [0.3, 0.4) is 0 Å². The summed E-state index contributed by atoms with van der Waals surface area (Å²) >= 11 is 1.45. The molecule has 5 heteroatoms. The molecule has 0 aliphatic carbocycles. The molecule has 1 saturated heterocycles. The summed E-state index contributed by atoms with van der Waals surface area (Å²) in [5.41, 5.74) is 2.81. The lowest BCUT2D eigenvalue weighted by Gasteiger charge is -2.30. The van der Waals surface area contributed by atoms with Gasteiger partial charge in [-0.2, -0.15) is 0 Å². The largest absolute Gasteiger partial charge is 0.370 e. The third kappa shape index (κ3) is 3.14. The normalized spacial score (nSPS) is 14.9. The summed E-state index contributed by atoms with van der Waals surface area (Å²) in [6, 6.07) is 8.06. The van der Waals surface area contributed by atoms with Crippen LogP contribution in [0.15, 0.2) is 24.3 Å². The molecule has 4 nitrogen and oxygen atoms in total. The van der Waals surface area contributed by atoms with Crippen molar-refractivity contribution in [2.45, 2.75) is 33.1 Å². The number of thiazole rings is 1. The van der Waals surface area contributed by atoms with Crippen LogP contribution in [0, 0.1) is 13.8 Å². The van der Waals surface area contributed by atoms with Gasteiger partial charge in [0, 0.05) is 13.1 Å².